The first-order chi connectivity index (χ1) is 13.8. The van der Waals surface area contributed by atoms with Gasteiger partial charge in [0, 0.05) is 18.2 Å². The van der Waals surface area contributed by atoms with Crippen molar-refractivity contribution in [1.82, 2.24) is 4.98 Å². The van der Waals surface area contributed by atoms with Crippen molar-refractivity contribution in [2.45, 2.75) is 44.3 Å². The number of nitrogens with two attached hydrogens (primary N) is 1. The lowest BCUT2D eigenvalue weighted by Gasteiger charge is -2.46. The van der Waals surface area contributed by atoms with Crippen molar-refractivity contribution in [3.05, 3.63) is 63.9 Å². The number of rotatable bonds is 4. The van der Waals surface area contributed by atoms with Crippen molar-refractivity contribution in [1.29, 1.82) is 0 Å². The van der Waals surface area contributed by atoms with Crippen LogP contribution in [0.5, 0.6) is 0 Å². The Bertz CT molecular complexity index is 1060. The van der Waals surface area contributed by atoms with Gasteiger partial charge in [-0.25, -0.2) is 18.8 Å². The Labute approximate surface area is 174 Å². The summed E-state index contributed by atoms with van der Waals surface area (Å²) >= 11 is 5.62. The van der Waals surface area contributed by atoms with E-state index in [1.165, 1.54) is 6.07 Å². The van der Waals surface area contributed by atoms with Crippen LogP contribution in [0.15, 0.2) is 35.5 Å². The monoisotopic (exact) mass is 443 g/mol. The van der Waals surface area contributed by atoms with Crippen LogP contribution in [0.3, 0.4) is 0 Å². The average molecular weight is 444 g/mol. The third-order valence-corrected chi connectivity index (χ3v) is 5.26. The third-order valence-electron chi connectivity index (χ3n) is 5.05. The molecule has 0 aliphatic carbocycles. The number of aromatic nitrogens is 1. The van der Waals surface area contributed by atoms with Crippen LogP contribution in [0.2, 0.25) is 5.02 Å². The SMILES string of the molecule is CC1(C)OC(N)=N[C@](C)(c2cc(CC(=O)c3ncc(Cl)cc3F)ccc2F)C1(F)F. The number of Topliss-reactive ketones (excluding diaryl/α,β-unsaturated/α-hetero) is 1. The molecule has 2 N–H and O–H groups in total. The highest BCUT2D eigenvalue weighted by Gasteiger charge is 2.66. The molecule has 0 spiro atoms. The number of halogens is 5. The lowest BCUT2D eigenvalue weighted by Crippen LogP contribution is -2.62. The second-order valence-electron chi connectivity index (χ2n) is 7.61. The van der Waals surface area contributed by atoms with Crippen molar-refractivity contribution in [3.8, 4) is 0 Å². The first kappa shape index (κ1) is 22.0. The second-order valence-corrected chi connectivity index (χ2v) is 8.04. The number of alkyl halides is 2. The van der Waals surface area contributed by atoms with Gasteiger partial charge in [0.15, 0.2) is 22.7 Å². The predicted molar refractivity (Wildman–Crippen MR) is 103 cm³/mol. The van der Waals surface area contributed by atoms with Crippen molar-refractivity contribution in [3.63, 3.8) is 0 Å². The number of carbonyl (C=O) groups excluding carboxylic acids is 1. The fourth-order valence-corrected chi connectivity index (χ4v) is 3.54. The van der Waals surface area contributed by atoms with Gasteiger partial charge in [0.2, 0.25) is 0 Å². The molecule has 0 fully saturated rings. The Kier molecular flexibility index (Phi) is 5.30. The molecule has 1 atom stereocenters. The highest BCUT2D eigenvalue weighted by Crippen LogP contribution is 2.51. The quantitative estimate of drug-likeness (QED) is 0.560. The van der Waals surface area contributed by atoms with Gasteiger partial charge in [0.05, 0.1) is 5.02 Å². The van der Waals surface area contributed by atoms with E-state index in [0.29, 0.717) is 0 Å². The summed E-state index contributed by atoms with van der Waals surface area (Å²) in [5, 5.41) is 0.0147. The fraction of sp³-hybridized carbons (Fsp3) is 0.350. The third kappa shape index (κ3) is 3.51. The minimum Gasteiger partial charge on any atom is -0.453 e. The van der Waals surface area contributed by atoms with Gasteiger partial charge in [-0.05, 0) is 44.5 Å². The highest BCUT2D eigenvalue weighted by molar-refractivity contribution is 6.30. The molecule has 30 heavy (non-hydrogen) atoms. The maximum atomic E-state index is 15.2. The van der Waals surface area contributed by atoms with Gasteiger partial charge in [-0.15, -0.1) is 0 Å². The van der Waals surface area contributed by atoms with Crippen LogP contribution in [0.25, 0.3) is 0 Å². The van der Waals surface area contributed by atoms with Gasteiger partial charge in [-0.3, -0.25) is 4.79 Å². The molecule has 0 radical (unpaired) electrons. The van der Waals surface area contributed by atoms with E-state index in [1.54, 1.807) is 0 Å². The number of carbonyl (C=O) groups is 1. The lowest BCUT2D eigenvalue weighted by molar-refractivity contribution is -0.207. The van der Waals surface area contributed by atoms with Gasteiger partial charge in [-0.2, -0.15) is 8.78 Å². The zero-order valence-electron chi connectivity index (χ0n) is 16.3. The fourth-order valence-electron chi connectivity index (χ4n) is 3.40. The summed E-state index contributed by atoms with van der Waals surface area (Å²) in [4.78, 5) is 19.8. The van der Waals surface area contributed by atoms with Crippen LogP contribution in [0.4, 0.5) is 17.6 Å². The number of amidine groups is 1. The Morgan fingerprint density at radius 2 is 1.83 bits per heavy atom. The molecule has 0 amide bonds. The number of ketones is 1. The van der Waals surface area contributed by atoms with Crippen LogP contribution < -0.4 is 5.73 Å². The molecule has 3 rings (SSSR count). The molecule has 160 valence electrons. The molecule has 10 heteroatoms. The molecule has 1 aliphatic rings. The number of ether oxygens (including phenoxy) is 1. The second kappa shape index (κ2) is 7.23. The molecule has 0 saturated heterocycles. The molecule has 1 aliphatic heterocycles. The number of hydrogen-bond acceptors (Lipinski definition) is 5. The van der Waals surface area contributed by atoms with Crippen molar-refractivity contribution >= 4 is 23.4 Å². The number of benzene rings is 1. The van der Waals surface area contributed by atoms with E-state index in [1.807, 2.05) is 0 Å². The summed E-state index contributed by atoms with van der Waals surface area (Å²) in [5.41, 5.74) is 0.348. The minimum absolute atomic E-state index is 0.0147. The largest absolute Gasteiger partial charge is 0.453 e. The minimum atomic E-state index is -3.66. The first-order valence-corrected chi connectivity index (χ1v) is 9.21. The summed E-state index contributed by atoms with van der Waals surface area (Å²) in [6.07, 6.45) is 0.705. The summed E-state index contributed by atoms with van der Waals surface area (Å²) < 4.78 is 64.0. The zero-order valence-corrected chi connectivity index (χ0v) is 17.0. The molecule has 1 aromatic carbocycles. The Balaban J connectivity index is 2.03. The summed E-state index contributed by atoms with van der Waals surface area (Å²) in [6.45, 7) is 3.27. The zero-order chi connectivity index (χ0) is 22.5. The van der Waals surface area contributed by atoms with E-state index in [4.69, 9.17) is 22.1 Å². The van der Waals surface area contributed by atoms with Crippen molar-refractivity contribution in [2.75, 3.05) is 0 Å². The van der Waals surface area contributed by atoms with E-state index in [2.05, 4.69) is 9.98 Å². The van der Waals surface area contributed by atoms with Crippen LogP contribution >= 0.6 is 11.6 Å². The molecular weight excluding hydrogens is 426 g/mol. The average Bonchev–Trinajstić information content (AvgIpc) is 2.61. The molecule has 1 aromatic heterocycles. The maximum absolute atomic E-state index is 15.2. The normalized spacial score (nSPS) is 22.2. The van der Waals surface area contributed by atoms with E-state index in [9.17, 15) is 13.6 Å². The van der Waals surface area contributed by atoms with Gasteiger partial charge in [0.25, 0.3) is 6.02 Å². The molecule has 0 bridgehead atoms. The predicted octanol–water partition coefficient (Wildman–Crippen LogP) is 4.41. The van der Waals surface area contributed by atoms with E-state index in [-0.39, 0.29) is 10.6 Å². The van der Waals surface area contributed by atoms with Gasteiger partial charge in [-0.1, -0.05) is 17.7 Å². The topological polar surface area (TPSA) is 77.6 Å². The molecule has 5 nitrogen and oxygen atoms in total. The number of nitrogens with zero attached hydrogens (tertiary/aromatic N) is 2. The smallest absolute Gasteiger partial charge is 0.315 e. The summed E-state index contributed by atoms with van der Waals surface area (Å²) in [5.74, 6) is -6.26. The lowest BCUT2D eigenvalue weighted by atomic mass is 9.76. The molecular formula is C20H18ClF4N3O2. The first-order valence-electron chi connectivity index (χ1n) is 8.84. The molecule has 2 aromatic rings. The van der Waals surface area contributed by atoms with Gasteiger partial charge < -0.3 is 10.5 Å². The number of pyridine rings is 1. The Morgan fingerprint density at radius 1 is 1.17 bits per heavy atom. The summed E-state index contributed by atoms with van der Waals surface area (Å²) in [6, 6.07) is 3.69. The number of hydrogen-bond donors (Lipinski definition) is 1. The number of aliphatic imine (C=N–C) groups is 1. The Morgan fingerprint density at radius 3 is 2.47 bits per heavy atom. The van der Waals surface area contributed by atoms with Gasteiger partial charge in [0.1, 0.15) is 11.5 Å². The maximum Gasteiger partial charge on any atom is 0.315 e. The van der Waals surface area contributed by atoms with Crippen LogP contribution in [-0.2, 0) is 16.7 Å². The van der Waals surface area contributed by atoms with Crippen LogP contribution in [0.1, 0.15) is 42.4 Å². The van der Waals surface area contributed by atoms with E-state index >= 15 is 8.78 Å². The molecule has 0 unspecified atom stereocenters. The van der Waals surface area contributed by atoms with Crippen LogP contribution in [0, 0.1) is 11.6 Å². The van der Waals surface area contributed by atoms with E-state index in [0.717, 1.165) is 45.2 Å². The van der Waals surface area contributed by atoms with Crippen LogP contribution in [-0.4, -0.2) is 28.3 Å². The van der Waals surface area contributed by atoms with Gasteiger partial charge >= 0.3 is 5.92 Å². The van der Waals surface area contributed by atoms with Crippen molar-refractivity contribution < 1.29 is 27.1 Å². The van der Waals surface area contributed by atoms with E-state index < -0.39 is 58.2 Å². The summed E-state index contributed by atoms with van der Waals surface area (Å²) in [7, 11) is 0. The molecule has 2 heterocycles. The van der Waals surface area contributed by atoms with Crippen molar-refractivity contribution in [2.24, 2.45) is 10.7 Å². The molecule has 0 saturated carbocycles. The Hall–Kier alpha value is -2.68. The highest BCUT2D eigenvalue weighted by atomic mass is 35.5. The standard InChI is InChI=1S/C20H18ClF4N3O2/c1-18(2)20(24,25)19(3,28-17(26)30-18)12-6-10(4-5-13(12)22)7-15(29)16-14(23)8-11(21)9-27-16/h4-6,8-9H,7H2,1-3H3,(H2,26,28)/t19-/m1/s1.